The van der Waals surface area contributed by atoms with E-state index in [2.05, 4.69) is 14.5 Å². The second kappa shape index (κ2) is 10.3. The van der Waals surface area contributed by atoms with Crippen molar-refractivity contribution in [1.29, 1.82) is 0 Å². The number of piperazine rings is 1. The van der Waals surface area contributed by atoms with Crippen LogP contribution >= 0.6 is 0 Å². The molecule has 1 aliphatic heterocycles. The number of ether oxygens (including phenoxy) is 3. The van der Waals surface area contributed by atoms with Crippen molar-refractivity contribution in [3.8, 4) is 17.2 Å². The van der Waals surface area contributed by atoms with Gasteiger partial charge in [0.2, 0.25) is 0 Å². The van der Waals surface area contributed by atoms with Crippen LogP contribution in [0.25, 0.3) is 0 Å². The van der Waals surface area contributed by atoms with Gasteiger partial charge in [-0.2, -0.15) is 8.78 Å². The topological polar surface area (TPSA) is 77.3 Å². The first-order chi connectivity index (χ1) is 14.9. The van der Waals surface area contributed by atoms with Crippen LogP contribution in [0, 0.1) is 10.1 Å². The third kappa shape index (κ3) is 5.52. The predicted octanol–water partition coefficient (Wildman–Crippen LogP) is 3.93. The Morgan fingerprint density at radius 1 is 1.10 bits per heavy atom. The van der Waals surface area contributed by atoms with Gasteiger partial charge in [-0.05, 0) is 25.1 Å². The second-order valence-electron chi connectivity index (χ2n) is 6.93. The summed E-state index contributed by atoms with van der Waals surface area (Å²) in [6.07, 6.45) is 0. The average Bonchev–Trinajstić information content (AvgIpc) is 2.75. The largest absolute Gasteiger partial charge is 0.493 e. The molecule has 0 aromatic heterocycles. The van der Waals surface area contributed by atoms with Crippen LogP contribution in [0.2, 0.25) is 0 Å². The molecule has 1 heterocycles. The number of nitro groups is 1. The summed E-state index contributed by atoms with van der Waals surface area (Å²) in [5, 5.41) is 11.5. The predicted molar refractivity (Wildman–Crippen MR) is 111 cm³/mol. The second-order valence-corrected chi connectivity index (χ2v) is 6.93. The molecule has 8 nitrogen and oxygen atoms in total. The number of anilines is 1. The van der Waals surface area contributed by atoms with Crippen LogP contribution in [0.3, 0.4) is 0 Å². The van der Waals surface area contributed by atoms with E-state index in [0.29, 0.717) is 31.8 Å². The lowest BCUT2D eigenvalue weighted by Crippen LogP contribution is -2.46. The summed E-state index contributed by atoms with van der Waals surface area (Å²) >= 11 is 0. The summed E-state index contributed by atoms with van der Waals surface area (Å²) in [5.41, 5.74) is 1.12. The molecule has 3 rings (SSSR count). The molecule has 0 amide bonds. The highest BCUT2D eigenvalue weighted by molar-refractivity contribution is 5.59. The standard InChI is InChI=1S/C21H25F2N3O5/c1-3-30-18-7-5-4-6-16(18)25-10-8-24(9-11-25)14-15-12-19(29-2)20(31-21(22)23)13-17(15)26(27)28/h4-7,12-13,21H,3,8-11,14H2,1-2H3. The molecule has 1 saturated heterocycles. The zero-order valence-electron chi connectivity index (χ0n) is 17.4. The van der Waals surface area contributed by atoms with E-state index in [1.165, 1.54) is 13.2 Å². The third-order valence-corrected chi connectivity index (χ3v) is 5.05. The van der Waals surface area contributed by atoms with Gasteiger partial charge in [0.05, 0.1) is 30.4 Å². The number of para-hydroxylation sites is 2. The lowest BCUT2D eigenvalue weighted by molar-refractivity contribution is -0.385. The number of nitrogens with zero attached hydrogens (tertiary/aromatic N) is 3. The number of methoxy groups -OCH3 is 1. The Balaban J connectivity index is 1.73. The molecule has 0 atom stereocenters. The summed E-state index contributed by atoms with van der Waals surface area (Å²) in [4.78, 5) is 15.2. The number of hydrogen-bond acceptors (Lipinski definition) is 7. The van der Waals surface area contributed by atoms with E-state index >= 15 is 0 Å². The monoisotopic (exact) mass is 437 g/mol. The lowest BCUT2D eigenvalue weighted by atomic mass is 10.1. The van der Waals surface area contributed by atoms with Gasteiger partial charge in [0.15, 0.2) is 11.5 Å². The summed E-state index contributed by atoms with van der Waals surface area (Å²) in [6, 6.07) is 10.2. The fraction of sp³-hybridized carbons (Fsp3) is 0.429. The Morgan fingerprint density at radius 2 is 1.81 bits per heavy atom. The quantitative estimate of drug-likeness (QED) is 0.435. The molecule has 0 unspecified atom stereocenters. The zero-order valence-corrected chi connectivity index (χ0v) is 17.4. The van der Waals surface area contributed by atoms with Crippen LogP contribution in [-0.4, -0.2) is 56.3 Å². The van der Waals surface area contributed by atoms with E-state index < -0.39 is 11.5 Å². The average molecular weight is 437 g/mol. The number of alkyl halides is 2. The highest BCUT2D eigenvalue weighted by atomic mass is 19.3. The summed E-state index contributed by atoms with van der Waals surface area (Å²) in [7, 11) is 1.30. The minimum absolute atomic E-state index is 0.0326. The molecular weight excluding hydrogens is 412 g/mol. The Morgan fingerprint density at radius 3 is 2.42 bits per heavy atom. The molecule has 2 aromatic rings. The van der Waals surface area contributed by atoms with Crippen LogP contribution in [0.5, 0.6) is 17.2 Å². The van der Waals surface area contributed by atoms with Gasteiger partial charge in [0.1, 0.15) is 5.75 Å². The maximum atomic E-state index is 12.6. The van der Waals surface area contributed by atoms with Gasteiger partial charge in [-0.25, -0.2) is 0 Å². The molecular formula is C21H25F2N3O5. The van der Waals surface area contributed by atoms with Gasteiger partial charge >= 0.3 is 6.61 Å². The molecule has 0 saturated carbocycles. The van der Waals surface area contributed by atoms with Gasteiger partial charge < -0.3 is 19.1 Å². The van der Waals surface area contributed by atoms with Crippen molar-refractivity contribution in [2.45, 2.75) is 20.1 Å². The van der Waals surface area contributed by atoms with Crippen molar-refractivity contribution < 1.29 is 27.9 Å². The van der Waals surface area contributed by atoms with Crippen molar-refractivity contribution in [3.05, 3.63) is 52.1 Å². The summed E-state index contributed by atoms with van der Waals surface area (Å²) in [6.45, 7) is 2.50. The molecule has 0 bridgehead atoms. The maximum Gasteiger partial charge on any atom is 0.387 e. The number of hydrogen-bond donors (Lipinski definition) is 0. The van der Waals surface area contributed by atoms with Gasteiger partial charge in [-0.1, -0.05) is 12.1 Å². The lowest BCUT2D eigenvalue weighted by Gasteiger charge is -2.36. The Bertz CT molecular complexity index is 905. The van der Waals surface area contributed by atoms with Crippen molar-refractivity contribution in [1.82, 2.24) is 4.90 Å². The van der Waals surface area contributed by atoms with Gasteiger partial charge in [0, 0.05) is 38.3 Å². The molecule has 31 heavy (non-hydrogen) atoms. The number of nitro benzene ring substituents is 1. The van der Waals surface area contributed by atoms with Crippen molar-refractivity contribution in [3.63, 3.8) is 0 Å². The van der Waals surface area contributed by atoms with Crippen molar-refractivity contribution in [2.24, 2.45) is 0 Å². The first kappa shape index (κ1) is 22.5. The first-order valence-corrected chi connectivity index (χ1v) is 9.92. The van der Waals surface area contributed by atoms with Crippen molar-refractivity contribution >= 4 is 11.4 Å². The van der Waals surface area contributed by atoms with E-state index in [1.54, 1.807) is 0 Å². The third-order valence-electron chi connectivity index (χ3n) is 5.05. The van der Waals surface area contributed by atoms with Crippen LogP contribution in [-0.2, 0) is 6.54 Å². The Kier molecular flexibility index (Phi) is 7.45. The van der Waals surface area contributed by atoms with Crippen LogP contribution < -0.4 is 19.1 Å². The van der Waals surface area contributed by atoms with E-state index in [4.69, 9.17) is 9.47 Å². The van der Waals surface area contributed by atoms with Crippen molar-refractivity contribution in [2.75, 3.05) is 44.8 Å². The fourth-order valence-corrected chi connectivity index (χ4v) is 3.62. The molecule has 1 fully saturated rings. The highest BCUT2D eigenvalue weighted by Crippen LogP contribution is 2.36. The van der Waals surface area contributed by atoms with E-state index in [-0.39, 0.29) is 17.2 Å². The zero-order chi connectivity index (χ0) is 22.4. The molecule has 0 radical (unpaired) electrons. The molecule has 10 heteroatoms. The van der Waals surface area contributed by atoms with Crippen LogP contribution in [0.4, 0.5) is 20.2 Å². The van der Waals surface area contributed by atoms with Gasteiger partial charge in [-0.3, -0.25) is 15.0 Å². The minimum Gasteiger partial charge on any atom is -0.493 e. The smallest absolute Gasteiger partial charge is 0.387 e. The van der Waals surface area contributed by atoms with Crippen LogP contribution in [0.15, 0.2) is 36.4 Å². The van der Waals surface area contributed by atoms with Crippen LogP contribution in [0.1, 0.15) is 12.5 Å². The maximum absolute atomic E-state index is 12.6. The Hall–Kier alpha value is -3.14. The minimum atomic E-state index is -3.10. The number of halogens is 2. The molecule has 0 spiro atoms. The molecule has 0 N–H and O–H groups in total. The van der Waals surface area contributed by atoms with Gasteiger partial charge in [0.25, 0.3) is 5.69 Å². The summed E-state index contributed by atoms with van der Waals surface area (Å²) < 4.78 is 40.4. The first-order valence-electron chi connectivity index (χ1n) is 9.92. The fourth-order valence-electron chi connectivity index (χ4n) is 3.62. The SMILES string of the molecule is CCOc1ccccc1N1CCN(Cc2cc(OC)c(OC(F)F)cc2[N+](=O)[O-])CC1. The number of benzene rings is 2. The molecule has 168 valence electrons. The molecule has 1 aliphatic rings. The van der Waals surface area contributed by atoms with E-state index in [0.717, 1.165) is 30.6 Å². The summed E-state index contributed by atoms with van der Waals surface area (Å²) in [5.74, 6) is 0.504. The highest BCUT2D eigenvalue weighted by Gasteiger charge is 2.25. The Labute approximate surface area is 179 Å². The van der Waals surface area contributed by atoms with E-state index in [9.17, 15) is 18.9 Å². The normalized spacial score (nSPS) is 14.5. The number of rotatable bonds is 9. The molecule has 0 aliphatic carbocycles. The van der Waals surface area contributed by atoms with E-state index in [1.807, 2.05) is 31.2 Å². The van der Waals surface area contributed by atoms with Gasteiger partial charge in [-0.15, -0.1) is 0 Å². The molecule has 2 aromatic carbocycles.